The number of anilines is 3. The molecule has 42 heavy (non-hydrogen) atoms. The topological polar surface area (TPSA) is 38.8 Å². The van der Waals surface area contributed by atoms with Gasteiger partial charge in [-0.3, -0.25) is 0 Å². The number of benzene rings is 4. The predicted octanol–water partition coefficient (Wildman–Crippen LogP) is 9.01. The Kier molecular flexibility index (Phi) is 9.76. The number of rotatable bonds is 10. The molecule has 0 aromatic heterocycles. The van der Waals surface area contributed by atoms with Gasteiger partial charge in [-0.05, 0) is 90.4 Å². The van der Waals surface area contributed by atoms with Gasteiger partial charge in [-0.15, -0.1) is 0 Å². The minimum atomic E-state index is -0.388. The van der Waals surface area contributed by atoms with Crippen LogP contribution in [0, 0.1) is 0 Å². The highest BCUT2D eigenvalue weighted by Gasteiger charge is 2.13. The SMILES string of the molecule is C[S+](C)c1ccc(C(=O)OCOC2=CC/C(=C\C=C\c3ccc(N(c4ccccc4)c4ccccc4)cc3)C=C2)cc1. The van der Waals surface area contributed by atoms with E-state index in [0.29, 0.717) is 11.3 Å². The van der Waals surface area contributed by atoms with Gasteiger partial charge in [0.05, 0.1) is 5.56 Å². The van der Waals surface area contributed by atoms with Crippen molar-refractivity contribution in [2.24, 2.45) is 0 Å². The van der Waals surface area contributed by atoms with Crippen LogP contribution in [0.3, 0.4) is 0 Å². The lowest BCUT2D eigenvalue weighted by Gasteiger charge is -2.25. The lowest BCUT2D eigenvalue weighted by Crippen LogP contribution is -2.09. The van der Waals surface area contributed by atoms with Crippen LogP contribution in [-0.4, -0.2) is 25.3 Å². The van der Waals surface area contributed by atoms with E-state index in [1.807, 2.05) is 42.5 Å². The Bertz CT molecular complexity index is 1550. The highest BCUT2D eigenvalue weighted by atomic mass is 32.2. The lowest BCUT2D eigenvalue weighted by atomic mass is 10.1. The molecule has 0 bridgehead atoms. The number of nitrogens with zero attached hydrogens (tertiary/aromatic N) is 1. The molecular weight excluding hydrogens is 538 g/mol. The first-order chi connectivity index (χ1) is 20.6. The fraction of sp³-hybridized carbons (Fsp3) is 0.108. The maximum Gasteiger partial charge on any atom is 0.341 e. The molecule has 0 fully saturated rings. The van der Waals surface area contributed by atoms with Crippen LogP contribution in [0.4, 0.5) is 17.1 Å². The normalized spacial score (nSPS) is 13.8. The number of hydrogen-bond donors (Lipinski definition) is 0. The third-order valence-electron chi connectivity index (χ3n) is 6.76. The maximum atomic E-state index is 12.3. The molecule has 210 valence electrons. The molecule has 0 unspecified atom stereocenters. The summed E-state index contributed by atoms with van der Waals surface area (Å²) in [6.45, 7) is -0.121. The van der Waals surface area contributed by atoms with Crippen molar-refractivity contribution >= 4 is 40.0 Å². The fourth-order valence-electron chi connectivity index (χ4n) is 4.49. The first-order valence-electron chi connectivity index (χ1n) is 13.8. The van der Waals surface area contributed by atoms with Crippen molar-refractivity contribution in [3.63, 3.8) is 0 Å². The molecule has 0 aliphatic heterocycles. The average Bonchev–Trinajstić information content (AvgIpc) is 3.04. The summed E-state index contributed by atoms with van der Waals surface area (Å²) in [5, 5.41) is 0. The fourth-order valence-corrected chi connectivity index (χ4v) is 5.17. The molecule has 4 aromatic carbocycles. The zero-order chi connectivity index (χ0) is 29.1. The molecule has 0 amide bonds. The van der Waals surface area contributed by atoms with E-state index < -0.39 is 0 Å². The Morgan fingerprint density at radius 1 is 0.786 bits per heavy atom. The summed E-state index contributed by atoms with van der Waals surface area (Å²) >= 11 is 0. The van der Waals surface area contributed by atoms with E-state index in [1.165, 1.54) is 4.90 Å². The van der Waals surface area contributed by atoms with Crippen LogP contribution in [0.1, 0.15) is 22.3 Å². The number of allylic oxidation sites excluding steroid dienone is 6. The number of ether oxygens (including phenoxy) is 2. The Hall–Kier alpha value is -4.74. The lowest BCUT2D eigenvalue weighted by molar-refractivity contribution is -0.00491. The van der Waals surface area contributed by atoms with Gasteiger partial charge < -0.3 is 14.4 Å². The molecule has 0 heterocycles. The van der Waals surface area contributed by atoms with E-state index in [0.717, 1.165) is 34.6 Å². The van der Waals surface area contributed by atoms with Crippen molar-refractivity contribution in [1.82, 2.24) is 0 Å². The van der Waals surface area contributed by atoms with Crippen LogP contribution in [0.5, 0.6) is 0 Å². The van der Waals surface area contributed by atoms with Gasteiger partial charge in [0.15, 0.2) is 4.90 Å². The van der Waals surface area contributed by atoms with Gasteiger partial charge in [-0.1, -0.05) is 72.8 Å². The third-order valence-corrected chi connectivity index (χ3v) is 7.97. The summed E-state index contributed by atoms with van der Waals surface area (Å²) in [7, 11) is 0.158. The van der Waals surface area contributed by atoms with Gasteiger partial charge in [-0.25, -0.2) is 4.79 Å². The second-order valence-corrected chi connectivity index (χ2v) is 12.0. The molecule has 0 atom stereocenters. The summed E-state index contributed by atoms with van der Waals surface area (Å²) in [6.07, 6.45) is 17.2. The van der Waals surface area contributed by atoms with Crippen molar-refractivity contribution in [3.8, 4) is 0 Å². The minimum Gasteiger partial charge on any atom is -0.458 e. The van der Waals surface area contributed by atoms with E-state index in [2.05, 4.69) is 108 Å². The van der Waals surface area contributed by atoms with E-state index in [4.69, 9.17) is 9.47 Å². The minimum absolute atomic E-state index is 0.121. The Labute approximate surface area is 251 Å². The summed E-state index contributed by atoms with van der Waals surface area (Å²) in [4.78, 5) is 15.7. The van der Waals surface area contributed by atoms with E-state index in [1.54, 1.807) is 12.1 Å². The second kappa shape index (κ2) is 14.2. The Balaban J connectivity index is 1.13. The van der Waals surface area contributed by atoms with E-state index in [9.17, 15) is 4.79 Å². The van der Waals surface area contributed by atoms with Gasteiger partial charge in [0.2, 0.25) is 6.79 Å². The molecule has 1 aliphatic rings. The third kappa shape index (κ3) is 7.71. The number of para-hydroxylation sites is 2. The summed E-state index contributed by atoms with van der Waals surface area (Å²) < 4.78 is 10.9. The number of hydrogen-bond acceptors (Lipinski definition) is 4. The maximum absolute atomic E-state index is 12.3. The number of carbonyl (C=O) groups is 1. The molecule has 0 radical (unpaired) electrons. The molecule has 5 rings (SSSR count). The zero-order valence-corrected chi connectivity index (χ0v) is 24.7. The molecular formula is C37H34NO3S+. The van der Waals surface area contributed by atoms with Gasteiger partial charge in [0.25, 0.3) is 0 Å². The van der Waals surface area contributed by atoms with Crippen LogP contribution in [0.2, 0.25) is 0 Å². The van der Waals surface area contributed by atoms with Crippen molar-refractivity contribution in [1.29, 1.82) is 0 Å². The summed E-state index contributed by atoms with van der Waals surface area (Å²) in [5.74, 6) is 0.304. The first kappa shape index (κ1) is 28.8. The average molecular weight is 573 g/mol. The van der Waals surface area contributed by atoms with Gasteiger partial charge in [0.1, 0.15) is 18.3 Å². The molecule has 0 saturated heterocycles. The largest absolute Gasteiger partial charge is 0.458 e. The highest BCUT2D eigenvalue weighted by Crippen LogP contribution is 2.34. The Morgan fingerprint density at radius 3 is 1.98 bits per heavy atom. The molecule has 0 spiro atoms. The quantitative estimate of drug-likeness (QED) is 0.108. The molecule has 1 aliphatic carbocycles. The number of esters is 1. The van der Waals surface area contributed by atoms with Crippen LogP contribution in [0.25, 0.3) is 6.08 Å². The zero-order valence-electron chi connectivity index (χ0n) is 23.9. The Morgan fingerprint density at radius 2 is 1.40 bits per heavy atom. The summed E-state index contributed by atoms with van der Waals surface area (Å²) in [6, 6.07) is 36.9. The van der Waals surface area contributed by atoms with Gasteiger partial charge in [0, 0.05) is 28.0 Å². The van der Waals surface area contributed by atoms with E-state index >= 15 is 0 Å². The first-order valence-corrected chi connectivity index (χ1v) is 15.8. The van der Waals surface area contributed by atoms with Crippen molar-refractivity contribution < 1.29 is 14.3 Å². The highest BCUT2D eigenvalue weighted by molar-refractivity contribution is 7.95. The van der Waals surface area contributed by atoms with Crippen LogP contribution >= 0.6 is 0 Å². The molecule has 0 N–H and O–H groups in total. The van der Waals surface area contributed by atoms with Crippen molar-refractivity contribution in [2.45, 2.75) is 11.3 Å². The van der Waals surface area contributed by atoms with Crippen LogP contribution in [0.15, 0.2) is 156 Å². The van der Waals surface area contributed by atoms with Gasteiger partial charge in [-0.2, -0.15) is 0 Å². The standard InChI is InChI=1S/C37H34NO3S/c1-42(2)36-26-20-31(21-27-36)37(39)41-28-40-35-24-18-30(19-25-35)11-9-10-29-16-22-34(23-17-29)38(32-12-5-3-6-13-32)33-14-7-4-8-15-33/h3-18,20-27H,19,28H2,1-2H3/q+1/b10-9+,30-11-. The predicted molar refractivity (Wildman–Crippen MR) is 175 cm³/mol. The van der Waals surface area contributed by atoms with Crippen molar-refractivity contribution in [2.75, 3.05) is 24.2 Å². The number of carbonyl (C=O) groups excluding carboxylic acids is 1. The summed E-state index contributed by atoms with van der Waals surface area (Å²) in [5.41, 5.74) is 6.15. The molecule has 5 heteroatoms. The molecule has 0 saturated carbocycles. The molecule has 4 nitrogen and oxygen atoms in total. The van der Waals surface area contributed by atoms with Crippen LogP contribution < -0.4 is 4.90 Å². The molecule has 4 aromatic rings. The van der Waals surface area contributed by atoms with Crippen molar-refractivity contribution in [3.05, 3.63) is 162 Å². The second-order valence-electron chi connectivity index (χ2n) is 9.88. The smallest absolute Gasteiger partial charge is 0.341 e. The van der Waals surface area contributed by atoms with Gasteiger partial charge >= 0.3 is 5.97 Å². The van der Waals surface area contributed by atoms with E-state index in [-0.39, 0.29) is 23.7 Å². The monoisotopic (exact) mass is 572 g/mol. The van der Waals surface area contributed by atoms with Crippen LogP contribution in [-0.2, 0) is 20.4 Å².